The molecule has 3 aliphatic heterocycles. The third-order valence-corrected chi connectivity index (χ3v) is 13.3. The number of benzene rings is 2. The van der Waals surface area contributed by atoms with Crippen molar-refractivity contribution >= 4 is 59.9 Å². The molecule has 0 saturated carbocycles. The zero-order valence-corrected chi connectivity index (χ0v) is 38.1. The molecule has 5 rings (SSSR count). The first-order valence-electron chi connectivity index (χ1n) is 20.2. The summed E-state index contributed by atoms with van der Waals surface area (Å²) in [4.78, 5) is 43.2. The zero-order chi connectivity index (χ0) is 46.5. The van der Waals surface area contributed by atoms with Gasteiger partial charge in [-0.15, -0.1) is 5.06 Å². The Labute approximate surface area is 367 Å². The molecular weight excluding hydrogens is 883 g/mol. The number of imide groups is 1. The Kier molecular flexibility index (Phi) is 15.3. The summed E-state index contributed by atoms with van der Waals surface area (Å²) >= 11 is 0. The largest absolute Gasteiger partial charge is 0.748 e. The number of hydrogen-bond acceptors (Lipinski definition) is 16. The molecule has 18 nitrogen and oxygen atoms in total. The second kappa shape index (κ2) is 19.5. The lowest BCUT2D eigenvalue weighted by atomic mass is 9.77. The van der Waals surface area contributed by atoms with Gasteiger partial charge in [0.2, 0.25) is 5.36 Å². The van der Waals surface area contributed by atoms with Gasteiger partial charge in [0.15, 0.2) is 6.54 Å². The Balaban J connectivity index is 1.60. The minimum atomic E-state index is -4.94. The summed E-state index contributed by atoms with van der Waals surface area (Å²) in [6.07, 6.45) is 4.85. The Morgan fingerprint density at radius 2 is 1.57 bits per heavy atom. The molecule has 344 valence electrons. The van der Waals surface area contributed by atoms with Crippen LogP contribution in [0.5, 0.6) is 0 Å². The predicted molar refractivity (Wildman–Crippen MR) is 227 cm³/mol. The van der Waals surface area contributed by atoms with Gasteiger partial charge < -0.3 is 32.5 Å². The number of anilines is 1. The summed E-state index contributed by atoms with van der Waals surface area (Å²) in [7, 11) is -12.4. The molecule has 21 heteroatoms. The Hall–Kier alpha value is -4.77. The van der Waals surface area contributed by atoms with Crippen LogP contribution < -0.4 is 14.8 Å². The number of fused-ring (bicyclic) bond motifs is 2. The Bertz CT molecular complexity index is 2670. The monoisotopic (exact) mass is 933 g/mol. The molecule has 1 aliphatic carbocycles. The first-order valence-corrected chi connectivity index (χ1v) is 24.7. The first-order chi connectivity index (χ1) is 29.3. The molecule has 1 fully saturated rings. The van der Waals surface area contributed by atoms with Crippen molar-refractivity contribution in [1.29, 1.82) is 0 Å². The SMILES string of the molecule is COCC[N+](CCCS(=O)(=O)[O-])=c1ccc2c(C(C)(C)C)cc(/C=C/C=C3/N(CCCS(=O)(=O)[O-])c4ccc(S(=O)(=O)[O-])cc4C3(C)CCCC(=O)ON3C(=O)CCC3=O)oc-2c1. The lowest BCUT2D eigenvalue weighted by molar-refractivity contribution is -0.197. The normalized spacial score (nSPS) is 18.6. The number of methoxy groups -OCH3 is 1. The highest BCUT2D eigenvalue weighted by atomic mass is 32.2. The Morgan fingerprint density at radius 3 is 2.19 bits per heavy atom. The van der Waals surface area contributed by atoms with Crippen molar-refractivity contribution in [2.24, 2.45) is 0 Å². The molecule has 1 unspecified atom stereocenters. The average Bonchev–Trinajstić information content (AvgIpc) is 3.61. The van der Waals surface area contributed by atoms with Crippen LogP contribution in [0.15, 0.2) is 69.6 Å². The van der Waals surface area contributed by atoms with Crippen LogP contribution in [0.1, 0.15) is 89.5 Å². The molecule has 1 aromatic carbocycles. The van der Waals surface area contributed by atoms with Crippen molar-refractivity contribution in [3.05, 3.63) is 82.6 Å². The van der Waals surface area contributed by atoms with E-state index in [0.29, 0.717) is 52.0 Å². The van der Waals surface area contributed by atoms with Crippen LogP contribution in [0.3, 0.4) is 0 Å². The van der Waals surface area contributed by atoms with Crippen molar-refractivity contribution in [3.63, 3.8) is 0 Å². The number of carbonyl (C=O) groups is 3. The summed E-state index contributed by atoms with van der Waals surface area (Å²) in [6, 6.07) is 11.3. The second-order valence-corrected chi connectivity index (χ2v) is 21.1. The quantitative estimate of drug-likeness (QED) is 0.0948. The fourth-order valence-corrected chi connectivity index (χ4v) is 9.28. The highest BCUT2D eigenvalue weighted by Crippen LogP contribution is 2.51. The minimum absolute atomic E-state index is 0.00789. The molecule has 3 heterocycles. The topological polar surface area (TPSA) is 264 Å². The van der Waals surface area contributed by atoms with Crippen LogP contribution in [0.2, 0.25) is 0 Å². The molecule has 1 aromatic rings. The van der Waals surface area contributed by atoms with Gasteiger partial charge in [-0.05, 0) is 85.2 Å². The third-order valence-electron chi connectivity index (χ3n) is 10.9. The molecular formula is C42H51N3O15S3-2. The van der Waals surface area contributed by atoms with E-state index in [-0.39, 0.29) is 63.5 Å². The number of carbonyl (C=O) groups excluding carboxylic acids is 3. The summed E-state index contributed by atoms with van der Waals surface area (Å²) < 4.78 is 119. The van der Waals surface area contributed by atoms with Crippen LogP contribution in [0, 0.1) is 0 Å². The van der Waals surface area contributed by atoms with E-state index in [1.807, 2.05) is 49.6 Å². The lowest BCUT2D eigenvalue weighted by Crippen LogP contribution is -2.34. The number of nitrogens with zero attached hydrogens (tertiary/aromatic N) is 3. The van der Waals surface area contributed by atoms with Gasteiger partial charge in [0.25, 0.3) is 11.8 Å². The van der Waals surface area contributed by atoms with Crippen LogP contribution in [0.25, 0.3) is 17.4 Å². The van der Waals surface area contributed by atoms with E-state index in [1.165, 1.54) is 19.2 Å². The number of rotatable bonds is 19. The van der Waals surface area contributed by atoms with Gasteiger partial charge in [-0.3, -0.25) is 9.59 Å². The number of ether oxygens (including phenoxy) is 1. The van der Waals surface area contributed by atoms with E-state index < -0.39 is 70.0 Å². The standard InChI is InChI=1S/C42H53N3O15S3/c1-41(2,3)33-27-30(59-36-26-29(13-15-32(33)36)43(22-23-58-5)20-8-24-61(49,50)51)10-6-11-37-42(4,19-7-12-40(48)60-45-38(46)17-18-39(45)47)34-28-31(63(55,56)57)14-16-35(34)44(37)21-9-25-62(52,53)54/h6,10-11,13-16,26-28H,7-9,12,17-25H2,1-5H3,(H2-,49,50,51,52,53,54,55,56,57)/p-2. The van der Waals surface area contributed by atoms with Crippen LogP contribution in [0.4, 0.5) is 5.69 Å². The van der Waals surface area contributed by atoms with Gasteiger partial charge in [-0.1, -0.05) is 26.8 Å². The summed E-state index contributed by atoms with van der Waals surface area (Å²) in [5.41, 5.74) is 1.55. The molecule has 2 amide bonds. The van der Waals surface area contributed by atoms with Gasteiger partial charge >= 0.3 is 5.97 Å². The highest BCUT2D eigenvalue weighted by Gasteiger charge is 2.43. The maximum Gasteiger partial charge on any atom is 0.333 e. The van der Waals surface area contributed by atoms with Crippen molar-refractivity contribution in [2.75, 3.05) is 49.8 Å². The number of hydroxylamine groups is 2. The summed E-state index contributed by atoms with van der Waals surface area (Å²) in [5.74, 6) is -2.45. The number of allylic oxidation sites excluding steroid dienone is 3. The van der Waals surface area contributed by atoms with Gasteiger partial charge in [0, 0.05) is 79.3 Å². The maximum absolute atomic E-state index is 12.8. The first kappa shape index (κ1) is 49.2. The molecule has 1 atom stereocenters. The van der Waals surface area contributed by atoms with E-state index >= 15 is 0 Å². The fourth-order valence-electron chi connectivity index (χ4n) is 7.81. The van der Waals surface area contributed by atoms with E-state index in [4.69, 9.17) is 14.0 Å². The minimum Gasteiger partial charge on any atom is -0.748 e. The van der Waals surface area contributed by atoms with E-state index in [1.54, 1.807) is 30.1 Å². The van der Waals surface area contributed by atoms with E-state index in [9.17, 15) is 53.3 Å². The molecule has 4 aliphatic rings. The smallest absolute Gasteiger partial charge is 0.333 e. The van der Waals surface area contributed by atoms with Crippen LogP contribution in [-0.2, 0) is 65.1 Å². The van der Waals surface area contributed by atoms with Crippen molar-refractivity contribution in [2.45, 2.75) is 88.4 Å². The Morgan fingerprint density at radius 1 is 0.905 bits per heavy atom. The molecule has 1 saturated heterocycles. The van der Waals surface area contributed by atoms with Gasteiger partial charge in [0.05, 0.1) is 31.2 Å². The maximum atomic E-state index is 12.8. The van der Waals surface area contributed by atoms with Crippen LogP contribution >= 0.6 is 0 Å². The van der Waals surface area contributed by atoms with Crippen molar-refractivity contribution in [1.82, 2.24) is 9.64 Å². The van der Waals surface area contributed by atoms with Crippen molar-refractivity contribution in [3.8, 4) is 11.3 Å². The molecule has 0 N–H and O–H groups in total. The van der Waals surface area contributed by atoms with E-state index in [2.05, 4.69) is 0 Å². The predicted octanol–water partition coefficient (Wildman–Crippen LogP) is 3.33. The molecule has 0 aromatic heterocycles. The number of amides is 2. The fraction of sp³-hybridized carbons (Fsp3) is 0.476. The molecule has 0 spiro atoms. The summed E-state index contributed by atoms with van der Waals surface area (Å²) in [5, 5.41) is 1.14. The third kappa shape index (κ3) is 12.7. The average molecular weight is 934 g/mol. The summed E-state index contributed by atoms with van der Waals surface area (Å²) in [6.45, 7) is 8.85. The molecule has 0 radical (unpaired) electrons. The van der Waals surface area contributed by atoms with Crippen LogP contribution in [-0.4, -0.2) is 107 Å². The van der Waals surface area contributed by atoms with Gasteiger partial charge in [-0.2, -0.15) is 0 Å². The zero-order valence-electron chi connectivity index (χ0n) is 35.7. The molecule has 0 bridgehead atoms. The van der Waals surface area contributed by atoms with Crippen molar-refractivity contribution < 1.29 is 67.3 Å². The second-order valence-electron chi connectivity index (χ2n) is 16.6. The van der Waals surface area contributed by atoms with Gasteiger partial charge in [0.1, 0.15) is 34.8 Å². The number of hydrogen-bond donors (Lipinski definition) is 0. The van der Waals surface area contributed by atoms with E-state index in [0.717, 1.165) is 17.2 Å². The van der Waals surface area contributed by atoms with Gasteiger partial charge in [-0.25, -0.2) is 34.6 Å². The lowest BCUT2D eigenvalue weighted by Gasteiger charge is -2.30. The molecule has 63 heavy (non-hydrogen) atoms. The highest BCUT2D eigenvalue weighted by molar-refractivity contribution is 7.86.